The molecule has 1 unspecified atom stereocenters. The van der Waals surface area contributed by atoms with Gasteiger partial charge in [-0.2, -0.15) is 13.2 Å². The summed E-state index contributed by atoms with van der Waals surface area (Å²) in [5.74, 6) is -0.392. The molecule has 1 N–H and O–H groups in total. The molecule has 20 heavy (non-hydrogen) atoms. The van der Waals surface area contributed by atoms with Crippen LogP contribution in [0, 0.1) is 0 Å². The maximum atomic E-state index is 12.0. The molecule has 7 heteroatoms. The van der Waals surface area contributed by atoms with Gasteiger partial charge in [0.2, 0.25) is 5.91 Å². The van der Waals surface area contributed by atoms with Gasteiger partial charge in [-0.1, -0.05) is 6.42 Å². The van der Waals surface area contributed by atoms with Crippen LogP contribution in [0.2, 0.25) is 0 Å². The monoisotopic (exact) mass is 296 g/mol. The van der Waals surface area contributed by atoms with Gasteiger partial charge in [0, 0.05) is 18.6 Å². The van der Waals surface area contributed by atoms with Gasteiger partial charge in [0.25, 0.3) is 0 Å². The first-order chi connectivity index (χ1) is 9.29. The van der Waals surface area contributed by atoms with Crippen molar-refractivity contribution in [1.29, 1.82) is 0 Å². The van der Waals surface area contributed by atoms with Crippen LogP contribution in [0.4, 0.5) is 13.2 Å². The molecule has 0 aliphatic carbocycles. The van der Waals surface area contributed by atoms with Crippen LogP contribution in [-0.4, -0.2) is 55.4 Å². The number of halogens is 3. The van der Waals surface area contributed by atoms with Gasteiger partial charge in [-0.15, -0.1) is 0 Å². The van der Waals surface area contributed by atoms with E-state index >= 15 is 0 Å². The second kappa shape index (κ2) is 7.83. The van der Waals surface area contributed by atoms with Gasteiger partial charge in [0.1, 0.15) is 13.2 Å². The molecule has 1 heterocycles. The van der Waals surface area contributed by atoms with Crippen molar-refractivity contribution < 1.29 is 22.7 Å². The van der Waals surface area contributed by atoms with E-state index in [0.29, 0.717) is 6.54 Å². The molecule has 1 rings (SSSR count). The predicted molar refractivity (Wildman–Crippen MR) is 69.4 cm³/mol. The maximum absolute atomic E-state index is 12.0. The standard InChI is InChI=1S/C13H23F3N2O2/c1-10(2)18(7-11-5-3-4-6-17-11)12(19)8-20-9-13(14,15)16/h10-11,17H,3-9H2,1-2H3. The minimum atomic E-state index is -4.39. The molecule has 0 bridgehead atoms. The summed E-state index contributed by atoms with van der Waals surface area (Å²) >= 11 is 0. The molecule has 0 spiro atoms. The highest BCUT2D eigenvalue weighted by molar-refractivity contribution is 5.77. The van der Waals surface area contributed by atoms with E-state index in [-0.39, 0.29) is 12.1 Å². The normalized spacial score (nSPS) is 20.2. The van der Waals surface area contributed by atoms with Crippen LogP contribution < -0.4 is 5.32 Å². The number of hydrogen-bond acceptors (Lipinski definition) is 3. The summed E-state index contributed by atoms with van der Waals surface area (Å²) < 4.78 is 40.4. The van der Waals surface area contributed by atoms with Crippen molar-refractivity contribution in [3.05, 3.63) is 0 Å². The third-order valence-electron chi connectivity index (χ3n) is 3.26. The summed E-state index contributed by atoms with van der Waals surface area (Å²) in [6, 6.07) is 0.165. The van der Waals surface area contributed by atoms with E-state index in [4.69, 9.17) is 0 Å². The number of carbonyl (C=O) groups excluding carboxylic acids is 1. The van der Waals surface area contributed by atoms with Crippen LogP contribution in [0.5, 0.6) is 0 Å². The smallest absolute Gasteiger partial charge is 0.362 e. The molecule has 1 aliphatic rings. The van der Waals surface area contributed by atoms with Crippen molar-refractivity contribution in [2.45, 2.75) is 51.4 Å². The van der Waals surface area contributed by atoms with E-state index in [9.17, 15) is 18.0 Å². The number of nitrogens with one attached hydrogen (secondary N) is 1. The average molecular weight is 296 g/mol. The van der Waals surface area contributed by atoms with Crippen LogP contribution in [0.1, 0.15) is 33.1 Å². The SMILES string of the molecule is CC(C)N(CC1CCCCN1)C(=O)COCC(F)(F)F. The molecule has 1 amide bonds. The number of alkyl halides is 3. The fraction of sp³-hybridized carbons (Fsp3) is 0.923. The Labute approximate surface area is 117 Å². The molecule has 0 aromatic heterocycles. The molecule has 1 saturated heterocycles. The predicted octanol–water partition coefficient (Wildman–Crippen LogP) is 1.94. The Kier molecular flexibility index (Phi) is 6.75. The lowest BCUT2D eigenvalue weighted by molar-refractivity contribution is -0.178. The largest absolute Gasteiger partial charge is 0.411 e. The van der Waals surface area contributed by atoms with E-state index in [1.807, 2.05) is 13.8 Å². The fourth-order valence-corrected chi connectivity index (χ4v) is 2.25. The van der Waals surface area contributed by atoms with Gasteiger partial charge in [0.15, 0.2) is 0 Å². The van der Waals surface area contributed by atoms with E-state index < -0.39 is 25.3 Å². The highest BCUT2D eigenvalue weighted by Gasteiger charge is 2.29. The first-order valence-corrected chi connectivity index (χ1v) is 6.97. The van der Waals surface area contributed by atoms with Crippen molar-refractivity contribution in [2.24, 2.45) is 0 Å². The molecule has 0 saturated carbocycles. The Morgan fingerprint density at radius 1 is 1.40 bits per heavy atom. The summed E-state index contributed by atoms with van der Waals surface area (Å²) in [7, 11) is 0. The van der Waals surface area contributed by atoms with Crippen molar-refractivity contribution in [1.82, 2.24) is 10.2 Å². The summed E-state index contributed by atoms with van der Waals surface area (Å²) in [6.07, 6.45) is -1.17. The lowest BCUT2D eigenvalue weighted by Crippen LogP contribution is -2.49. The van der Waals surface area contributed by atoms with E-state index in [0.717, 1.165) is 25.8 Å². The maximum Gasteiger partial charge on any atom is 0.411 e. The van der Waals surface area contributed by atoms with Crippen LogP contribution in [0.15, 0.2) is 0 Å². The first kappa shape index (κ1) is 17.2. The van der Waals surface area contributed by atoms with Crippen molar-refractivity contribution in [3.63, 3.8) is 0 Å². The van der Waals surface area contributed by atoms with Gasteiger partial charge in [0.05, 0.1) is 0 Å². The summed E-state index contributed by atoms with van der Waals surface area (Å²) in [5.41, 5.74) is 0. The Balaban J connectivity index is 2.41. The number of rotatable bonds is 6. The Morgan fingerprint density at radius 3 is 2.60 bits per heavy atom. The number of amides is 1. The van der Waals surface area contributed by atoms with Gasteiger partial charge < -0.3 is 15.0 Å². The molecule has 1 aliphatic heterocycles. The van der Waals surface area contributed by atoms with E-state index in [2.05, 4.69) is 10.1 Å². The van der Waals surface area contributed by atoms with E-state index in [1.54, 1.807) is 4.90 Å². The lowest BCUT2D eigenvalue weighted by atomic mass is 10.0. The first-order valence-electron chi connectivity index (χ1n) is 6.97. The minimum absolute atomic E-state index is 0.0549. The van der Waals surface area contributed by atoms with Crippen LogP contribution >= 0.6 is 0 Å². The van der Waals surface area contributed by atoms with Crippen molar-refractivity contribution in [3.8, 4) is 0 Å². The zero-order valence-electron chi connectivity index (χ0n) is 12.0. The minimum Gasteiger partial charge on any atom is -0.362 e. The van der Waals surface area contributed by atoms with Crippen molar-refractivity contribution >= 4 is 5.91 Å². The molecule has 4 nitrogen and oxygen atoms in total. The quantitative estimate of drug-likeness (QED) is 0.814. The van der Waals surface area contributed by atoms with Crippen molar-refractivity contribution in [2.75, 3.05) is 26.3 Å². The Hall–Kier alpha value is -0.820. The zero-order valence-corrected chi connectivity index (χ0v) is 12.0. The number of carbonyl (C=O) groups is 1. The highest BCUT2D eigenvalue weighted by atomic mass is 19.4. The van der Waals surface area contributed by atoms with Gasteiger partial charge in [-0.05, 0) is 33.2 Å². The number of hydrogen-bond donors (Lipinski definition) is 1. The summed E-state index contributed by atoms with van der Waals surface area (Å²) in [4.78, 5) is 13.5. The molecule has 1 fully saturated rings. The van der Waals surface area contributed by atoms with Crippen LogP contribution in [0.3, 0.4) is 0 Å². The van der Waals surface area contributed by atoms with Gasteiger partial charge >= 0.3 is 6.18 Å². The number of nitrogens with zero attached hydrogens (tertiary/aromatic N) is 1. The topological polar surface area (TPSA) is 41.6 Å². The Bertz CT molecular complexity index is 302. The van der Waals surface area contributed by atoms with Gasteiger partial charge in [-0.25, -0.2) is 0 Å². The molecular formula is C13H23F3N2O2. The molecular weight excluding hydrogens is 273 g/mol. The second-order valence-electron chi connectivity index (χ2n) is 5.39. The van der Waals surface area contributed by atoms with E-state index in [1.165, 1.54) is 0 Å². The Morgan fingerprint density at radius 2 is 2.10 bits per heavy atom. The summed E-state index contributed by atoms with van der Waals surface area (Å²) in [5, 5.41) is 3.32. The average Bonchev–Trinajstić information content (AvgIpc) is 2.35. The number of ether oxygens (including phenoxy) is 1. The molecule has 1 atom stereocenters. The highest BCUT2D eigenvalue weighted by Crippen LogP contribution is 2.15. The zero-order chi connectivity index (χ0) is 15.2. The molecule has 0 aromatic carbocycles. The van der Waals surface area contributed by atoms with Crippen LogP contribution in [0.25, 0.3) is 0 Å². The third-order valence-corrected chi connectivity index (χ3v) is 3.26. The summed E-state index contributed by atoms with van der Waals surface area (Å²) in [6.45, 7) is 3.24. The molecule has 0 aromatic rings. The molecule has 0 radical (unpaired) electrons. The number of piperidine rings is 1. The third kappa shape index (κ3) is 6.56. The fourth-order valence-electron chi connectivity index (χ4n) is 2.25. The lowest BCUT2D eigenvalue weighted by Gasteiger charge is -2.33. The van der Waals surface area contributed by atoms with Crippen LogP contribution in [-0.2, 0) is 9.53 Å². The second-order valence-corrected chi connectivity index (χ2v) is 5.39. The molecule has 118 valence electrons. The van der Waals surface area contributed by atoms with Gasteiger partial charge in [-0.3, -0.25) is 4.79 Å².